The standard InChI is InChI=1S/C21H25NO7/c1-5-15(19(25)29-21(2,3)4)22-12-17(16(23)11-18(22)24)28-20(26)27-13-14-9-7-6-8-10-14/h6-12,15,23H,5,13H2,1-4H3. The Morgan fingerprint density at radius 1 is 1.17 bits per heavy atom. The number of benzene rings is 1. The van der Waals surface area contributed by atoms with Crippen LogP contribution >= 0.6 is 0 Å². The highest BCUT2D eigenvalue weighted by Gasteiger charge is 2.27. The third kappa shape index (κ3) is 6.38. The first-order chi connectivity index (χ1) is 13.6. The van der Waals surface area contributed by atoms with E-state index >= 15 is 0 Å². The molecule has 2 aromatic rings. The molecule has 0 fully saturated rings. The second-order valence-electron chi connectivity index (χ2n) is 7.35. The maximum atomic E-state index is 12.4. The minimum Gasteiger partial charge on any atom is -0.504 e. The molecule has 2 rings (SSSR count). The van der Waals surface area contributed by atoms with Crippen molar-refractivity contribution in [3.63, 3.8) is 0 Å². The van der Waals surface area contributed by atoms with Gasteiger partial charge in [-0.15, -0.1) is 0 Å². The molecule has 0 saturated carbocycles. The average molecular weight is 403 g/mol. The second kappa shape index (κ2) is 9.27. The molecule has 29 heavy (non-hydrogen) atoms. The summed E-state index contributed by atoms with van der Waals surface area (Å²) in [4.78, 5) is 36.7. The minimum atomic E-state index is -1.06. The highest BCUT2D eigenvalue weighted by atomic mass is 16.7. The third-order valence-electron chi connectivity index (χ3n) is 3.82. The van der Waals surface area contributed by atoms with E-state index in [0.29, 0.717) is 0 Å². The topological polar surface area (TPSA) is 104 Å². The van der Waals surface area contributed by atoms with Crippen molar-refractivity contribution in [1.82, 2.24) is 4.57 Å². The number of carbonyl (C=O) groups is 2. The van der Waals surface area contributed by atoms with Crippen molar-refractivity contribution in [2.75, 3.05) is 0 Å². The molecule has 0 aliphatic rings. The van der Waals surface area contributed by atoms with E-state index in [0.717, 1.165) is 22.4 Å². The maximum absolute atomic E-state index is 12.4. The first kappa shape index (κ1) is 22.0. The first-order valence-electron chi connectivity index (χ1n) is 9.17. The van der Waals surface area contributed by atoms with E-state index in [4.69, 9.17) is 14.2 Å². The van der Waals surface area contributed by atoms with Crippen molar-refractivity contribution < 1.29 is 28.9 Å². The molecule has 1 heterocycles. The highest BCUT2D eigenvalue weighted by molar-refractivity contribution is 5.74. The molecule has 0 aliphatic heterocycles. The van der Waals surface area contributed by atoms with Crippen molar-refractivity contribution in [3.8, 4) is 11.5 Å². The largest absolute Gasteiger partial charge is 0.514 e. The van der Waals surface area contributed by atoms with Gasteiger partial charge < -0.3 is 19.3 Å². The van der Waals surface area contributed by atoms with Gasteiger partial charge in [0.25, 0.3) is 5.56 Å². The van der Waals surface area contributed by atoms with Gasteiger partial charge in [0.15, 0.2) is 11.5 Å². The van der Waals surface area contributed by atoms with Crippen LogP contribution in [0.3, 0.4) is 0 Å². The Morgan fingerprint density at radius 3 is 2.41 bits per heavy atom. The van der Waals surface area contributed by atoms with Crippen LogP contribution in [0.15, 0.2) is 47.4 Å². The van der Waals surface area contributed by atoms with Crippen LogP contribution in [0.2, 0.25) is 0 Å². The minimum absolute atomic E-state index is 0.0183. The molecule has 1 aromatic carbocycles. The molecule has 0 spiro atoms. The Morgan fingerprint density at radius 2 is 1.83 bits per heavy atom. The normalized spacial score (nSPS) is 12.1. The monoisotopic (exact) mass is 403 g/mol. The number of rotatable bonds is 6. The van der Waals surface area contributed by atoms with Gasteiger partial charge in [0, 0.05) is 6.07 Å². The first-order valence-corrected chi connectivity index (χ1v) is 9.17. The molecular formula is C21H25NO7. The van der Waals surface area contributed by atoms with Gasteiger partial charge in [0.1, 0.15) is 18.2 Å². The molecule has 0 radical (unpaired) electrons. The zero-order valence-electron chi connectivity index (χ0n) is 16.9. The Hall–Kier alpha value is -3.29. The Labute approximate surface area is 168 Å². The Kier molecular flexibility index (Phi) is 7.03. The summed E-state index contributed by atoms with van der Waals surface area (Å²) in [5, 5.41) is 9.97. The number of carbonyl (C=O) groups excluding carboxylic acids is 2. The average Bonchev–Trinajstić information content (AvgIpc) is 2.63. The van der Waals surface area contributed by atoms with Gasteiger partial charge >= 0.3 is 12.1 Å². The number of hydrogen-bond acceptors (Lipinski definition) is 7. The fourth-order valence-corrected chi connectivity index (χ4v) is 2.52. The molecule has 1 unspecified atom stereocenters. The Bertz CT molecular complexity index is 913. The lowest BCUT2D eigenvalue weighted by atomic mass is 10.1. The fraction of sp³-hybridized carbons (Fsp3) is 0.381. The third-order valence-corrected chi connectivity index (χ3v) is 3.82. The SMILES string of the molecule is CCC(C(=O)OC(C)(C)C)n1cc(OC(=O)OCc2ccccc2)c(O)cc1=O. The summed E-state index contributed by atoms with van der Waals surface area (Å²) < 4.78 is 16.4. The van der Waals surface area contributed by atoms with Gasteiger partial charge in [-0.1, -0.05) is 37.3 Å². The van der Waals surface area contributed by atoms with E-state index in [9.17, 15) is 19.5 Å². The number of ether oxygens (including phenoxy) is 3. The van der Waals surface area contributed by atoms with Gasteiger partial charge in [0.2, 0.25) is 0 Å². The predicted octanol–water partition coefficient (Wildman–Crippen LogP) is 3.56. The molecular weight excluding hydrogens is 378 g/mol. The van der Waals surface area contributed by atoms with Crippen LogP contribution in [0.5, 0.6) is 11.5 Å². The summed E-state index contributed by atoms with van der Waals surface area (Å²) in [5.74, 6) is -1.45. The lowest BCUT2D eigenvalue weighted by Crippen LogP contribution is -2.34. The van der Waals surface area contributed by atoms with Crippen LogP contribution in [0, 0.1) is 0 Å². The molecule has 8 nitrogen and oxygen atoms in total. The molecule has 1 aromatic heterocycles. The maximum Gasteiger partial charge on any atom is 0.514 e. The smallest absolute Gasteiger partial charge is 0.504 e. The van der Waals surface area contributed by atoms with Crippen molar-refractivity contribution in [1.29, 1.82) is 0 Å². The fourth-order valence-electron chi connectivity index (χ4n) is 2.52. The molecule has 0 saturated heterocycles. The van der Waals surface area contributed by atoms with Crippen LogP contribution in [0.25, 0.3) is 0 Å². The number of pyridine rings is 1. The number of hydrogen-bond donors (Lipinski definition) is 1. The molecule has 0 amide bonds. The molecule has 1 N–H and O–H groups in total. The zero-order valence-corrected chi connectivity index (χ0v) is 16.9. The predicted molar refractivity (Wildman–Crippen MR) is 105 cm³/mol. The number of nitrogens with zero attached hydrogens (tertiary/aromatic N) is 1. The highest BCUT2D eigenvalue weighted by Crippen LogP contribution is 2.26. The van der Waals surface area contributed by atoms with Crippen LogP contribution < -0.4 is 10.3 Å². The van der Waals surface area contributed by atoms with Crippen LogP contribution in [0.4, 0.5) is 4.79 Å². The van der Waals surface area contributed by atoms with Crippen LogP contribution in [0.1, 0.15) is 45.7 Å². The van der Waals surface area contributed by atoms with E-state index in [1.54, 1.807) is 52.0 Å². The lowest BCUT2D eigenvalue weighted by Gasteiger charge is -2.24. The second-order valence-corrected chi connectivity index (χ2v) is 7.35. The summed E-state index contributed by atoms with van der Waals surface area (Å²) in [6.45, 7) is 6.84. The van der Waals surface area contributed by atoms with E-state index in [-0.39, 0.29) is 18.8 Å². The van der Waals surface area contributed by atoms with Crippen molar-refractivity contribution in [2.24, 2.45) is 0 Å². The summed E-state index contributed by atoms with van der Waals surface area (Å²) >= 11 is 0. The number of aromatic nitrogens is 1. The van der Waals surface area contributed by atoms with Gasteiger partial charge in [-0.05, 0) is 32.8 Å². The van der Waals surface area contributed by atoms with Crippen molar-refractivity contribution in [2.45, 2.75) is 52.4 Å². The van der Waals surface area contributed by atoms with Crippen LogP contribution in [-0.2, 0) is 20.9 Å². The summed E-state index contributed by atoms with van der Waals surface area (Å²) in [7, 11) is 0. The van der Waals surface area contributed by atoms with Crippen molar-refractivity contribution in [3.05, 3.63) is 58.5 Å². The van der Waals surface area contributed by atoms with E-state index in [1.807, 2.05) is 6.07 Å². The quantitative estimate of drug-likeness (QED) is 0.735. The van der Waals surface area contributed by atoms with Gasteiger partial charge in [-0.3, -0.25) is 9.36 Å². The molecule has 0 aliphatic carbocycles. The van der Waals surface area contributed by atoms with Gasteiger partial charge in [0.05, 0.1) is 6.20 Å². The summed E-state index contributed by atoms with van der Waals surface area (Å²) in [6.07, 6.45) is 0.302. The summed E-state index contributed by atoms with van der Waals surface area (Å²) in [6, 6.07) is 8.91. The summed E-state index contributed by atoms with van der Waals surface area (Å²) in [5.41, 5.74) is -0.606. The van der Waals surface area contributed by atoms with Gasteiger partial charge in [-0.2, -0.15) is 0 Å². The number of esters is 1. The van der Waals surface area contributed by atoms with E-state index < -0.39 is 35.1 Å². The van der Waals surface area contributed by atoms with Crippen LogP contribution in [-0.4, -0.2) is 27.4 Å². The molecule has 8 heteroatoms. The zero-order chi connectivity index (χ0) is 21.6. The molecule has 1 atom stereocenters. The lowest BCUT2D eigenvalue weighted by molar-refractivity contribution is -0.159. The van der Waals surface area contributed by atoms with Gasteiger partial charge in [-0.25, -0.2) is 9.59 Å². The number of aromatic hydroxyl groups is 1. The molecule has 0 bridgehead atoms. The van der Waals surface area contributed by atoms with Crippen molar-refractivity contribution >= 4 is 12.1 Å². The molecule has 156 valence electrons. The van der Waals surface area contributed by atoms with E-state index in [1.165, 1.54) is 0 Å². The Balaban J connectivity index is 2.18. The van der Waals surface area contributed by atoms with E-state index in [2.05, 4.69) is 0 Å².